The van der Waals surface area contributed by atoms with Crippen molar-refractivity contribution in [3.8, 4) is 22.9 Å². The molecule has 9 heteroatoms. The van der Waals surface area contributed by atoms with Crippen molar-refractivity contribution in [2.24, 2.45) is 5.92 Å². The maximum Gasteiger partial charge on any atom is 0.343 e. The Labute approximate surface area is 208 Å². The van der Waals surface area contributed by atoms with Gasteiger partial charge in [-0.05, 0) is 49.5 Å². The number of hydrogen-bond donors (Lipinski definition) is 2. The molecule has 0 spiro atoms. The highest BCUT2D eigenvalue weighted by atomic mass is 16.7. The van der Waals surface area contributed by atoms with Crippen molar-refractivity contribution >= 4 is 16.9 Å². The van der Waals surface area contributed by atoms with Crippen LogP contribution in [0.25, 0.3) is 22.3 Å². The highest BCUT2D eigenvalue weighted by Gasteiger charge is 2.45. The second kappa shape index (κ2) is 8.31. The molecule has 0 aliphatic carbocycles. The van der Waals surface area contributed by atoms with Crippen LogP contribution in [-0.4, -0.2) is 40.5 Å². The number of ether oxygens (including phenoxy) is 3. The zero-order chi connectivity index (χ0) is 25.2. The van der Waals surface area contributed by atoms with Crippen LogP contribution in [0.4, 0.5) is 0 Å². The lowest BCUT2D eigenvalue weighted by molar-refractivity contribution is -0.172. The van der Waals surface area contributed by atoms with Crippen molar-refractivity contribution in [1.29, 1.82) is 0 Å². The maximum atomic E-state index is 13.6. The third-order valence-electron chi connectivity index (χ3n) is 7.40. The molecule has 1 atom stereocenters. The van der Waals surface area contributed by atoms with Crippen LogP contribution in [0, 0.1) is 5.92 Å². The molecule has 0 fully saturated rings. The first-order chi connectivity index (χ1) is 17.3. The van der Waals surface area contributed by atoms with Crippen molar-refractivity contribution < 1.29 is 24.1 Å². The van der Waals surface area contributed by atoms with E-state index in [2.05, 4.69) is 19.2 Å². The average Bonchev–Trinajstić information content (AvgIpc) is 3.47. The van der Waals surface area contributed by atoms with E-state index >= 15 is 0 Å². The highest BCUT2D eigenvalue weighted by molar-refractivity contribution is 5.91. The Morgan fingerprint density at radius 3 is 2.67 bits per heavy atom. The van der Waals surface area contributed by atoms with E-state index in [4.69, 9.17) is 19.2 Å². The van der Waals surface area contributed by atoms with Gasteiger partial charge in [-0.1, -0.05) is 20.8 Å². The number of aliphatic hydroxyl groups is 1. The Hall–Kier alpha value is -3.43. The third kappa shape index (κ3) is 3.33. The number of aromatic nitrogens is 2. The van der Waals surface area contributed by atoms with Gasteiger partial charge in [0.15, 0.2) is 17.1 Å². The van der Waals surface area contributed by atoms with Gasteiger partial charge in [0.25, 0.3) is 5.56 Å². The van der Waals surface area contributed by atoms with Crippen LogP contribution in [0.5, 0.6) is 11.5 Å². The lowest BCUT2D eigenvalue weighted by Gasteiger charge is -2.31. The Balaban J connectivity index is 1.54. The number of nitrogens with zero attached hydrogens (tertiary/aromatic N) is 2. The van der Waals surface area contributed by atoms with Crippen molar-refractivity contribution in [1.82, 2.24) is 14.9 Å². The smallest absolute Gasteiger partial charge is 0.343 e. The van der Waals surface area contributed by atoms with Crippen LogP contribution >= 0.6 is 0 Å². The van der Waals surface area contributed by atoms with Gasteiger partial charge in [0.2, 0.25) is 6.79 Å². The summed E-state index contributed by atoms with van der Waals surface area (Å²) in [5.41, 5.74) is 2.64. The molecule has 1 aromatic carbocycles. The van der Waals surface area contributed by atoms with Crippen molar-refractivity contribution in [2.75, 3.05) is 19.9 Å². The van der Waals surface area contributed by atoms with Crippen LogP contribution < -0.4 is 20.3 Å². The van der Waals surface area contributed by atoms with Crippen LogP contribution in [-0.2, 0) is 34.7 Å². The summed E-state index contributed by atoms with van der Waals surface area (Å²) in [5, 5.41) is 15.6. The van der Waals surface area contributed by atoms with E-state index in [9.17, 15) is 14.7 Å². The standard InChI is InChI=1S/C27H29N3O6/c1-4-27(33)19-8-21-24-17(11-30(21)25(31)18(19)12-34-26(27)32)15(5-6-28-10-14(2)3)16-7-22-23(36-13-35-22)9-20(16)29-24/h7-9,14,28,33H,4-6,10-13H2,1-3H3/t27-/m0/s1. The maximum absolute atomic E-state index is 13.6. The van der Waals surface area contributed by atoms with Gasteiger partial charge in [-0.3, -0.25) is 4.79 Å². The highest BCUT2D eigenvalue weighted by Crippen LogP contribution is 2.43. The summed E-state index contributed by atoms with van der Waals surface area (Å²) < 4.78 is 18.1. The van der Waals surface area contributed by atoms with Crippen molar-refractivity contribution in [2.45, 2.75) is 52.4 Å². The first kappa shape index (κ1) is 23.0. The minimum atomic E-state index is -1.85. The van der Waals surface area contributed by atoms with Gasteiger partial charge in [-0.15, -0.1) is 0 Å². The van der Waals surface area contributed by atoms with Gasteiger partial charge >= 0.3 is 5.97 Å². The van der Waals surface area contributed by atoms with Gasteiger partial charge < -0.3 is 29.2 Å². The predicted molar refractivity (Wildman–Crippen MR) is 132 cm³/mol. The molecule has 2 N–H and O–H groups in total. The number of pyridine rings is 2. The number of hydrogen-bond acceptors (Lipinski definition) is 8. The second-order valence-electron chi connectivity index (χ2n) is 10.1. The normalized spacial score (nSPS) is 19.4. The number of rotatable bonds is 6. The molecule has 0 bridgehead atoms. The zero-order valence-corrected chi connectivity index (χ0v) is 20.6. The summed E-state index contributed by atoms with van der Waals surface area (Å²) >= 11 is 0. The summed E-state index contributed by atoms with van der Waals surface area (Å²) in [4.78, 5) is 31.0. The number of carbonyl (C=O) groups is 1. The SMILES string of the molecule is CC[C@@]1(O)C(=O)OCc2c1cc1n(c2=O)Cc2c-1nc1cc3c(cc1c2CCNCC(C)C)OCO3. The fraction of sp³-hybridized carbons (Fsp3) is 0.444. The summed E-state index contributed by atoms with van der Waals surface area (Å²) in [6.45, 7) is 8.12. The summed E-state index contributed by atoms with van der Waals surface area (Å²) in [5.74, 6) is 1.14. The van der Waals surface area contributed by atoms with E-state index in [-0.39, 0.29) is 25.4 Å². The lowest BCUT2D eigenvalue weighted by atomic mass is 9.86. The van der Waals surface area contributed by atoms with Gasteiger partial charge in [0.05, 0.1) is 29.0 Å². The number of fused-ring (bicyclic) bond motifs is 6. The lowest BCUT2D eigenvalue weighted by Crippen LogP contribution is -2.44. The van der Waals surface area contributed by atoms with Gasteiger partial charge in [0.1, 0.15) is 6.61 Å². The van der Waals surface area contributed by atoms with E-state index in [1.54, 1.807) is 17.6 Å². The molecule has 3 aromatic rings. The molecule has 0 saturated heterocycles. The van der Waals surface area contributed by atoms with Gasteiger partial charge in [-0.25, -0.2) is 9.78 Å². The molecule has 9 nitrogen and oxygen atoms in total. The number of benzene rings is 1. The molecular formula is C27H29N3O6. The molecule has 0 saturated carbocycles. The molecule has 3 aliphatic heterocycles. The minimum Gasteiger partial charge on any atom is -0.458 e. The fourth-order valence-corrected chi connectivity index (χ4v) is 5.44. The van der Waals surface area contributed by atoms with Crippen molar-refractivity contribution in [3.05, 3.63) is 50.8 Å². The molecule has 36 heavy (non-hydrogen) atoms. The van der Waals surface area contributed by atoms with E-state index in [1.165, 1.54) is 0 Å². The predicted octanol–water partition coefficient (Wildman–Crippen LogP) is 2.60. The van der Waals surface area contributed by atoms with Gasteiger partial charge in [0, 0.05) is 22.6 Å². The molecule has 0 radical (unpaired) electrons. The van der Waals surface area contributed by atoms with Gasteiger partial charge in [-0.2, -0.15) is 0 Å². The van der Waals surface area contributed by atoms with E-state index in [0.29, 0.717) is 46.5 Å². The summed E-state index contributed by atoms with van der Waals surface area (Å²) in [6, 6.07) is 5.60. The number of cyclic esters (lactones) is 1. The summed E-state index contributed by atoms with van der Waals surface area (Å²) in [6.07, 6.45) is 0.854. The molecule has 2 aromatic heterocycles. The van der Waals surface area contributed by atoms with Crippen LogP contribution in [0.3, 0.4) is 0 Å². The van der Waals surface area contributed by atoms with Crippen LogP contribution in [0.15, 0.2) is 23.0 Å². The van der Waals surface area contributed by atoms with E-state index in [0.717, 1.165) is 41.5 Å². The Morgan fingerprint density at radius 1 is 1.14 bits per heavy atom. The largest absolute Gasteiger partial charge is 0.458 e. The average molecular weight is 492 g/mol. The molecule has 3 aliphatic rings. The topological polar surface area (TPSA) is 112 Å². The number of esters is 1. The molecule has 0 amide bonds. The molecule has 6 rings (SSSR count). The Kier molecular flexibility index (Phi) is 5.31. The van der Waals surface area contributed by atoms with E-state index in [1.807, 2.05) is 12.1 Å². The van der Waals surface area contributed by atoms with E-state index < -0.39 is 11.6 Å². The Bertz CT molecular complexity index is 1480. The monoisotopic (exact) mass is 491 g/mol. The van der Waals surface area contributed by atoms with Crippen LogP contribution in [0.1, 0.15) is 49.4 Å². The van der Waals surface area contributed by atoms with Crippen molar-refractivity contribution in [3.63, 3.8) is 0 Å². The molecule has 0 unspecified atom stereocenters. The molecular weight excluding hydrogens is 462 g/mol. The minimum absolute atomic E-state index is 0.107. The Morgan fingerprint density at radius 2 is 1.92 bits per heavy atom. The number of carbonyl (C=O) groups excluding carboxylic acids is 1. The fourth-order valence-electron chi connectivity index (χ4n) is 5.44. The number of nitrogens with one attached hydrogen (secondary N) is 1. The first-order valence-corrected chi connectivity index (χ1v) is 12.4. The first-order valence-electron chi connectivity index (χ1n) is 12.4. The second-order valence-corrected chi connectivity index (χ2v) is 10.1. The zero-order valence-electron chi connectivity index (χ0n) is 20.6. The molecule has 188 valence electrons. The summed E-state index contributed by atoms with van der Waals surface area (Å²) in [7, 11) is 0. The quantitative estimate of drug-likeness (QED) is 0.313. The third-order valence-corrected chi connectivity index (χ3v) is 7.40. The molecule has 5 heterocycles. The van der Waals surface area contributed by atoms with Crippen LogP contribution in [0.2, 0.25) is 0 Å².